The number of aryl methyl sites for hydroxylation is 1. The van der Waals surface area contributed by atoms with Gasteiger partial charge in [-0.15, -0.1) is 0 Å². The number of benzene rings is 4. The summed E-state index contributed by atoms with van der Waals surface area (Å²) in [6.45, 7) is 9.24. The van der Waals surface area contributed by atoms with Crippen LogP contribution in [0.5, 0.6) is 0 Å². The summed E-state index contributed by atoms with van der Waals surface area (Å²) >= 11 is 0. The number of fused-ring (bicyclic) bond motifs is 3. The highest BCUT2D eigenvalue weighted by Crippen LogP contribution is 2.39. The van der Waals surface area contributed by atoms with E-state index >= 15 is 0 Å². The second-order valence-corrected chi connectivity index (χ2v) is 8.62. The number of hydrogen-bond acceptors (Lipinski definition) is 5. The lowest BCUT2D eigenvalue weighted by Gasteiger charge is -2.16. The maximum atomic E-state index is 6.07. The smallest absolute Gasteiger partial charge is 0.0320 e. The quantitative estimate of drug-likeness (QED) is 0.137. The van der Waals surface area contributed by atoms with E-state index in [0.717, 1.165) is 44.1 Å². The molecule has 0 aliphatic heterocycles. The van der Waals surface area contributed by atoms with Crippen molar-refractivity contribution in [2.75, 3.05) is 44.2 Å². The summed E-state index contributed by atoms with van der Waals surface area (Å²) in [4.78, 5) is 0. The molecule has 0 spiro atoms. The number of rotatable bonds is 9. The fourth-order valence-corrected chi connectivity index (χ4v) is 4.25. The van der Waals surface area contributed by atoms with Crippen molar-refractivity contribution in [1.82, 2.24) is 10.6 Å². The molecule has 0 bridgehead atoms. The number of nitrogens with two attached hydrogens (primary N) is 3. The molecule has 180 valence electrons. The molecule has 0 atom stereocenters. The summed E-state index contributed by atoms with van der Waals surface area (Å²) in [6.07, 6.45) is 2.54. The molecule has 0 heterocycles. The van der Waals surface area contributed by atoms with Crippen LogP contribution in [0.15, 0.2) is 66.7 Å². The predicted octanol–water partition coefficient (Wildman–Crippen LogP) is 5.06. The van der Waals surface area contributed by atoms with E-state index in [0.29, 0.717) is 0 Å². The molecule has 0 unspecified atom stereocenters. The van der Waals surface area contributed by atoms with Crippen LogP contribution in [0.2, 0.25) is 0 Å². The zero-order chi connectivity index (χ0) is 24.3. The van der Waals surface area contributed by atoms with Gasteiger partial charge in [-0.25, -0.2) is 0 Å². The summed E-state index contributed by atoms with van der Waals surface area (Å²) < 4.78 is 0. The normalized spacial score (nSPS) is 10.9. The second-order valence-electron chi connectivity index (χ2n) is 8.62. The van der Waals surface area contributed by atoms with Crippen LogP contribution in [-0.4, -0.2) is 32.7 Å². The van der Waals surface area contributed by atoms with Gasteiger partial charge in [0.05, 0.1) is 0 Å². The number of nitrogens with one attached hydrogen (secondary N) is 2. The van der Waals surface area contributed by atoms with Crippen LogP contribution in [0, 0.1) is 6.92 Å². The van der Waals surface area contributed by atoms with E-state index in [2.05, 4.69) is 73.0 Å². The highest BCUT2D eigenvalue weighted by Gasteiger charge is 2.13. The molecule has 0 aliphatic rings. The van der Waals surface area contributed by atoms with E-state index in [1.165, 1.54) is 51.1 Å². The molecular formula is C29H39N5. The summed E-state index contributed by atoms with van der Waals surface area (Å²) in [5.41, 5.74) is 22.6. The lowest BCUT2D eigenvalue weighted by molar-refractivity contribution is 0.596. The average molecular weight is 458 g/mol. The van der Waals surface area contributed by atoms with E-state index in [4.69, 9.17) is 17.2 Å². The molecule has 5 nitrogen and oxygen atoms in total. The molecule has 0 amide bonds. The minimum Gasteiger partial charge on any atom is -0.399 e. The zero-order valence-corrected chi connectivity index (χ0v) is 20.5. The van der Waals surface area contributed by atoms with Crippen LogP contribution in [0.3, 0.4) is 0 Å². The summed E-state index contributed by atoms with van der Waals surface area (Å²) in [6, 6.07) is 22.7. The molecule has 0 saturated carbocycles. The molecule has 8 N–H and O–H groups in total. The molecular weight excluding hydrogens is 418 g/mol. The second kappa shape index (κ2) is 12.9. The Kier molecular flexibility index (Phi) is 9.71. The van der Waals surface area contributed by atoms with Gasteiger partial charge in [-0.2, -0.15) is 0 Å². The number of nitrogen functional groups attached to an aromatic ring is 2. The van der Waals surface area contributed by atoms with Gasteiger partial charge >= 0.3 is 0 Å². The third kappa shape index (κ3) is 6.48. The molecule has 0 radical (unpaired) electrons. The van der Waals surface area contributed by atoms with Crippen LogP contribution in [-0.2, 0) is 0 Å². The molecule has 4 rings (SSSR count). The Labute approximate surface area is 203 Å². The lowest BCUT2D eigenvalue weighted by atomic mass is 9.88. The van der Waals surface area contributed by atoms with Crippen molar-refractivity contribution in [3.05, 3.63) is 72.3 Å². The fraction of sp³-hybridized carbons (Fsp3) is 0.310. The van der Waals surface area contributed by atoms with E-state index < -0.39 is 0 Å². The Morgan fingerprint density at radius 2 is 1.26 bits per heavy atom. The van der Waals surface area contributed by atoms with Crippen molar-refractivity contribution >= 4 is 32.9 Å². The first kappa shape index (κ1) is 25.5. The Morgan fingerprint density at radius 3 is 1.88 bits per heavy atom. The Balaban J connectivity index is 0.000000252. The molecule has 4 aromatic rings. The van der Waals surface area contributed by atoms with Crippen molar-refractivity contribution in [2.24, 2.45) is 5.73 Å². The molecule has 34 heavy (non-hydrogen) atoms. The van der Waals surface area contributed by atoms with Crippen molar-refractivity contribution in [2.45, 2.75) is 26.7 Å². The van der Waals surface area contributed by atoms with Crippen LogP contribution in [0.4, 0.5) is 11.4 Å². The minimum atomic E-state index is 0.731. The van der Waals surface area contributed by atoms with E-state index in [9.17, 15) is 0 Å². The minimum absolute atomic E-state index is 0.731. The Morgan fingerprint density at radius 1 is 0.676 bits per heavy atom. The summed E-state index contributed by atoms with van der Waals surface area (Å²) in [5.74, 6) is 0. The van der Waals surface area contributed by atoms with Gasteiger partial charge in [0.2, 0.25) is 0 Å². The zero-order valence-electron chi connectivity index (χ0n) is 20.5. The number of anilines is 2. The van der Waals surface area contributed by atoms with Gasteiger partial charge in [-0.05, 0) is 82.4 Å². The van der Waals surface area contributed by atoms with Crippen molar-refractivity contribution < 1.29 is 0 Å². The van der Waals surface area contributed by atoms with Crippen LogP contribution >= 0.6 is 0 Å². The maximum Gasteiger partial charge on any atom is 0.0320 e. The predicted molar refractivity (Wildman–Crippen MR) is 150 cm³/mol. The van der Waals surface area contributed by atoms with Gasteiger partial charge < -0.3 is 27.8 Å². The monoisotopic (exact) mass is 457 g/mol. The highest BCUT2D eigenvalue weighted by molar-refractivity contribution is 6.16. The first-order valence-electron chi connectivity index (χ1n) is 12.2. The summed E-state index contributed by atoms with van der Waals surface area (Å²) in [5, 5.41) is 11.4. The fourth-order valence-electron chi connectivity index (χ4n) is 4.25. The average Bonchev–Trinajstić information content (AvgIpc) is 2.85. The van der Waals surface area contributed by atoms with Gasteiger partial charge in [0.15, 0.2) is 0 Å². The van der Waals surface area contributed by atoms with Crippen molar-refractivity contribution in [3.8, 4) is 11.1 Å². The Hall–Kier alpha value is -3.12. The molecule has 4 aromatic carbocycles. The van der Waals surface area contributed by atoms with Crippen LogP contribution in [0.25, 0.3) is 32.7 Å². The van der Waals surface area contributed by atoms with E-state index in [-0.39, 0.29) is 0 Å². The van der Waals surface area contributed by atoms with Gasteiger partial charge in [0.25, 0.3) is 0 Å². The third-order valence-corrected chi connectivity index (χ3v) is 6.00. The van der Waals surface area contributed by atoms with Gasteiger partial charge in [0, 0.05) is 37.6 Å². The number of hydrogen-bond donors (Lipinski definition) is 5. The SMILES string of the molecule is CCCCNCCNCCN.Cc1c(-c2ccccc2)c2cc(N)ccc2c2ccc(N)cc12. The topological polar surface area (TPSA) is 102 Å². The first-order chi connectivity index (χ1) is 16.6. The standard InChI is InChI=1S/C21H18N2.C8H21N3/c1-13-19-11-15(22)7-9-17(19)18-10-8-16(23)12-20(18)21(13)14-5-3-2-4-6-14;1-2-3-5-10-7-8-11-6-4-9/h2-12H,22-23H2,1H3;10-11H,2-9H2,1H3. The van der Waals surface area contributed by atoms with E-state index in [1.807, 2.05) is 18.2 Å². The van der Waals surface area contributed by atoms with Gasteiger partial charge in [-0.3, -0.25) is 0 Å². The van der Waals surface area contributed by atoms with Crippen molar-refractivity contribution in [1.29, 1.82) is 0 Å². The first-order valence-corrected chi connectivity index (χ1v) is 12.2. The lowest BCUT2D eigenvalue weighted by Crippen LogP contribution is -2.31. The molecule has 0 aromatic heterocycles. The van der Waals surface area contributed by atoms with E-state index in [1.54, 1.807) is 0 Å². The largest absolute Gasteiger partial charge is 0.399 e. The van der Waals surface area contributed by atoms with Gasteiger partial charge in [0.1, 0.15) is 0 Å². The van der Waals surface area contributed by atoms with Crippen molar-refractivity contribution in [3.63, 3.8) is 0 Å². The maximum absolute atomic E-state index is 6.07. The van der Waals surface area contributed by atoms with Gasteiger partial charge in [-0.1, -0.05) is 55.8 Å². The molecule has 0 saturated heterocycles. The third-order valence-electron chi connectivity index (χ3n) is 6.00. The Bertz CT molecular complexity index is 1180. The van der Waals surface area contributed by atoms with Crippen LogP contribution in [0.1, 0.15) is 25.3 Å². The number of unbranched alkanes of at least 4 members (excludes halogenated alkanes) is 1. The summed E-state index contributed by atoms with van der Waals surface area (Å²) in [7, 11) is 0. The van der Waals surface area contributed by atoms with Crippen LogP contribution < -0.4 is 27.8 Å². The molecule has 0 aliphatic carbocycles. The molecule has 0 fully saturated rings. The highest BCUT2D eigenvalue weighted by atomic mass is 14.9. The molecule has 5 heteroatoms.